The molecule has 0 aromatic rings. The van der Waals surface area contributed by atoms with Gasteiger partial charge in [0.1, 0.15) is 12.2 Å². The highest BCUT2D eigenvalue weighted by Crippen LogP contribution is 2.20. The lowest BCUT2D eigenvalue weighted by molar-refractivity contribution is -0.00112. The van der Waals surface area contributed by atoms with Crippen LogP contribution in [0.3, 0.4) is 0 Å². The second-order valence-corrected chi connectivity index (χ2v) is 5.40. The third-order valence-electron chi connectivity index (χ3n) is 2.33. The van der Waals surface area contributed by atoms with Crippen molar-refractivity contribution in [3.8, 4) is 0 Å². The van der Waals surface area contributed by atoms with Crippen LogP contribution >= 0.6 is 22.6 Å². The summed E-state index contributed by atoms with van der Waals surface area (Å²) in [6.45, 7) is 7.44. The third-order valence-corrected chi connectivity index (χ3v) is 3.26. The van der Waals surface area contributed by atoms with Crippen LogP contribution in [0, 0.1) is 5.92 Å². The summed E-state index contributed by atoms with van der Waals surface area (Å²) in [5.74, 6) is -0.0101. The maximum Gasteiger partial charge on any atom is 0.404 e. The first-order valence-corrected chi connectivity index (χ1v) is 6.51. The molecule has 0 aromatic heterocycles. The summed E-state index contributed by atoms with van der Waals surface area (Å²) < 4.78 is 5.95. The lowest BCUT2D eigenvalue weighted by Crippen LogP contribution is -2.38. The Labute approximate surface area is 116 Å². The highest BCUT2D eigenvalue weighted by atomic mass is 127. The zero-order valence-electron chi connectivity index (χ0n) is 10.6. The van der Waals surface area contributed by atoms with Crippen LogP contribution in [0.15, 0.2) is 21.3 Å². The van der Waals surface area contributed by atoms with Crippen LogP contribution in [-0.4, -0.2) is 23.4 Å². The molecule has 0 rings (SSSR count). The zero-order valence-corrected chi connectivity index (χ0v) is 12.8. The van der Waals surface area contributed by atoms with Crippen molar-refractivity contribution in [3.63, 3.8) is 0 Å². The second kappa shape index (κ2) is 7.71. The molecule has 0 aliphatic rings. The van der Waals surface area contributed by atoms with E-state index in [0.717, 1.165) is 9.15 Å². The monoisotopic (exact) mass is 353 g/mol. The van der Waals surface area contributed by atoms with Gasteiger partial charge in [-0.2, -0.15) is 0 Å². The van der Waals surface area contributed by atoms with E-state index in [4.69, 9.17) is 10.5 Å². The van der Waals surface area contributed by atoms with Crippen LogP contribution in [-0.2, 0) is 4.74 Å². The van der Waals surface area contributed by atoms with Crippen LogP contribution in [0.1, 0.15) is 27.7 Å². The highest BCUT2D eigenvalue weighted by molar-refractivity contribution is 14.1. The summed E-state index contributed by atoms with van der Waals surface area (Å²) in [7, 11) is 0. The number of carbonyl (C=O) groups is 1. The van der Waals surface area contributed by atoms with E-state index in [-0.39, 0.29) is 5.92 Å². The van der Waals surface area contributed by atoms with Crippen molar-refractivity contribution in [1.82, 2.24) is 0 Å². The quantitative estimate of drug-likeness (QED) is 0.590. The highest BCUT2D eigenvalue weighted by Gasteiger charge is 2.27. The fourth-order valence-electron chi connectivity index (χ4n) is 1.34. The van der Waals surface area contributed by atoms with Gasteiger partial charge >= 0.3 is 6.09 Å². The Morgan fingerprint density at radius 1 is 1.47 bits per heavy atom. The summed E-state index contributed by atoms with van der Waals surface area (Å²) in [6, 6.07) is 0. The van der Waals surface area contributed by atoms with Crippen molar-refractivity contribution in [2.45, 2.75) is 39.9 Å². The van der Waals surface area contributed by atoms with Gasteiger partial charge in [0.2, 0.25) is 0 Å². The first kappa shape index (κ1) is 16.4. The van der Waals surface area contributed by atoms with E-state index in [1.54, 1.807) is 6.92 Å². The number of amides is 1. The molecule has 1 amide bonds. The van der Waals surface area contributed by atoms with Gasteiger partial charge in [-0.05, 0) is 54.0 Å². The average Bonchev–Trinajstić information content (AvgIpc) is 2.23. The lowest BCUT2D eigenvalue weighted by atomic mass is 9.96. The zero-order chi connectivity index (χ0) is 13.6. The van der Waals surface area contributed by atoms with Crippen molar-refractivity contribution < 1.29 is 14.6 Å². The van der Waals surface area contributed by atoms with E-state index in [2.05, 4.69) is 22.6 Å². The molecular weight excluding hydrogens is 333 g/mol. The van der Waals surface area contributed by atoms with Gasteiger partial charge in [0.05, 0.1) is 0 Å². The molecule has 0 bridgehead atoms. The second-order valence-electron chi connectivity index (χ2n) is 4.15. The smallest absolute Gasteiger partial charge is 0.404 e. The maximum atomic E-state index is 10.8. The van der Waals surface area contributed by atoms with E-state index < -0.39 is 18.3 Å². The molecule has 98 valence electrons. The maximum absolute atomic E-state index is 10.8. The summed E-state index contributed by atoms with van der Waals surface area (Å²) in [5.41, 5.74) is 5.73. The molecule has 0 saturated carbocycles. The Kier molecular flexibility index (Phi) is 7.45. The molecule has 5 heteroatoms. The molecule has 0 heterocycles. The van der Waals surface area contributed by atoms with E-state index in [1.807, 2.05) is 32.9 Å². The number of aliphatic hydroxyl groups excluding tert-OH is 1. The number of hydrogen-bond donors (Lipinski definition) is 2. The Morgan fingerprint density at radius 3 is 2.35 bits per heavy atom. The molecule has 4 nitrogen and oxygen atoms in total. The van der Waals surface area contributed by atoms with E-state index >= 15 is 0 Å². The molecule has 2 atom stereocenters. The van der Waals surface area contributed by atoms with Crippen LogP contribution in [0.2, 0.25) is 0 Å². The van der Waals surface area contributed by atoms with Crippen LogP contribution in [0.5, 0.6) is 0 Å². The molecule has 0 aromatic carbocycles. The minimum atomic E-state index is -0.865. The van der Waals surface area contributed by atoms with E-state index in [9.17, 15) is 9.90 Å². The number of nitrogens with two attached hydrogens (primary N) is 1. The van der Waals surface area contributed by atoms with Crippen LogP contribution < -0.4 is 5.73 Å². The predicted molar refractivity (Wildman–Crippen MR) is 76.8 cm³/mol. The fraction of sp³-hybridized carbons (Fsp3) is 0.583. The number of aliphatic hydroxyl groups is 1. The van der Waals surface area contributed by atoms with Crippen molar-refractivity contribution in [2.75, 3.05) is 0 Å². The Morgan fingerprint density at radius 2 is 2.00 bits per heavy atom. The first-order chi connectivity index (χ1) is 7.79. The van der Waals surface area contributed by atoms with E-state index in [1.165, 1.54) is 0 Å². The molecule has 3 N–H and O–H groups in total. The van der Waals surface area contributed by atoms with Gasteiger partial charge in [0.25, 0.3) is 0 Å². The topological polar surface area (TPSA) is 72.6 Å². The van der Waals surface area contributed by atoms with Gasteiger partial charge in [-0.15, -0.1) is 0 Å². The van der Waals surface area contributed by atoms with Crippen LogP contribution in [0.4, 0.5) is 4.79 Å². The molecule has 17 heavy (non-hydrogen) atoms. The molecule has 0 fully saturated rings. The number of halogens is 1. The molecule has 0 saturated heterocycles. The fourth-order valence-corrected chi connectivity index (χ4v) is 1.84. The number of rotatable bonds is 5. The van der Waals surface area contributed by atoms with Gasteiger partial charge in [-0.3, -0.25) is 0 Å². The minimum Gasteiger partial charge on any atom is -0.443 e. The molecule has 0 radical (unpaired) electrons. The normalized spacial score (nSPS) is 16.9. The minimum absolute atomic E-state index is 0.0101. The predicted octanol–water partition coefficient (Wildman–Crippen LogP) is 2.75. The van der Waals surface area contributed by atoms with Crippen molar-refractivity contribution in [2.24, 2.45) is 11.7 Å². The van der Waals surface area contributed by atoms with Crippen molar-refractivity contribution >= 4 is 28.7 Å². The lowest BCUT2D eigenvalue weighted by Gasteiger charge is -2.26. The number of carbonyl (C=O) groups excluding carboxylic acids is 1. The van der Waals surface area contributed by atoms with E-state index in [0.29, 0.717) is 0 Å². The van der Waals surface area contributed by atoms with Gasteiger partial charge in [0.15, 0.2) is 0 Å². The first-order valence-electron chi connectivity index (χ1n) is 5.43. The standard InChI is InChI=1S/C12H20INO3/c1-5-9(13)6-8(4)10(15)11(7(2)3)17-12(14)16/h5-7,10-11,15H,1-4H3,(H2,14,16)/b8-6+,9-5+/t10-,11-/m1/s1. The summed E-state index contributed by atoms with van der Waals surface area (Å²) in [4.78, 5) is 10.8. The number of hydrogen-bond acceptors (Lipinski definition) is 3. The average molecular weight is 353 g/mol. The molecule has 0 aliphatic heterocycles. The summed E-state index contributed by atoms with van der Waals surface area (Å²) >= 11 is 2.16. The van der Waals surface area contributed by atoms with Gasteiger partial charge < -0.3 is 15.6 Å². The van der Waals surface area contributed by atoms with Crippen LogP contribution in [0.25, 0.3) is 0 Å². The van der Waals surface area contributed by atoms with Gasteiger partial charge in [-0.25, -0.2) is 4.79 Å². The van der Waals surface area contributed by atoms with Gasteiger partial charge in [-0.1, -0.05) is 19.9 Å². The SMILES string of the molecule is C/C=C(I)\C=C(/C)[C@@H](O)[C@H](OC(N)=O)C(C)C. The summed E-state index contributed by atoms with van der Waals surface area (Å²) in [6.07, 6.45) is 1.45. The number of allylic oxidation sites excluding steroid dienone is 3. The molecule has 0 aliphatic carbocycles. The van der Waals surface area contributed by atoms with Gasteiger partial charge in [0, 0.05) is 3.58 Å². The summed E-state index contributed by atoms with van der Waals surface area (Å²) in [5, 5.41) is 10.1. The Hall–Kier alpha value is -0.560. The third kappa shape index (κ3) is 6.07. The number of primary amides is 1. The Bertz CT molecular complexity index is 324. The molecule has 0 spiro atoms. The largest absolute Gasteiger partial charge is 0.443 e. The van der Waals surface area contributed by atoms with Crippen molar-refractivity contribution in [1.29, 1.82) is 0 Å². The molecular formula is C12H20INO3. The molecule has 0 unspecified atom stereocenters. The number of ether oxygens (including phenoxy) is 1. The van der Waals surface area contributed by atoms with Crippen molar-refractivity contribution in [3.05, 3.63) is 21.3 Å². The Balaban J connectivity index is 4.89.